The van der Waals surface area contributed by atoms with Crippen molar-refractivity contribution in [1.82, 2.24) is 10.1 Å². The van der Waals surface area contributed by atoms with Crippen LogP contribution in [0.5, 0.6) is 11.5 Å². The fraction of sp³-hybridized carbons (Fsp3) is 0.111. The van der Waals surface area contributed by atoms with Crippen LogP contribution in [0.25, 0.3) is 11.5 Å². The first-order valence-corrected chi connectivity index (χ1v) is 4.30. The number of phenols is 2. The Bertz CT molecular complexity index is 530. The Morgan fingerprint density at radius 1 is 1.06 bits per heavy atom. The molecule has 0 saturated heterocycles. The third-order valence-corrected chi connectivity index (χ3v) is 1.83. The van der Waals surface area contributed by atoms with Gasteiger partial charge in [0.15, 0.2) is 0 Å². The lowest BCUT2D eigenvalue weighted by atomic mass is 10.2. The molecule has 0 atom stereocenters. The highest BCUT2D eigenvalue weighted by molar-refractivity contribution is 5.58. The SMILES string of the molecule is Oc1cc(O)cc(-c2nc(C(F)(F)F)no2)c1. The number of aromatic nitrogens is 2. The molecule has 17 heavy (non-hydrogen) atoms. The summed E-state index contributed by atoms with van der Waals surface area (Å²) >= 11 is 0. The lowest BCUT2D eigenvalue weighted by Crippen LogP contribution is -2.07. The molecule has 2 N–H and O–H groups in total. The molecular weight excluding hydrogens is 241 g/mol. The van der Waals surface area contributed by atoms with E-state index in [0.717, 1.165) is 18.2 Å². The maximum atomic E-state index is 12.2. The molecular formula is C9H5F3N2O3. The van der Waals surface area contributed by atoms with Crippen molar-refractivity contribution in [1.29, 1.82) is 0 Å². The van der Waals surface area contributed by atoms with E-state index < -0.39 is 17.9 Å². The van der Waals surface area contributed by atoms with Crippen molar-refractivity contribution < 1.29 is 27.9 Å². The van der Waals surface area contributed by atoms with E-state index in [2.05, 4.69) is 14.7 Å². The molecule has 0 spiro atoms. The van der Waals surface area contributed by atoms with E-state index >= 15 is 0 Å². The van der Waals surface area contributed by atoms with Crippen LogP contribution in [-0.4, -0.2) is 20.4 Å². The minimum Gasteiger partial charge on any atom is -0.508 e. The van der Waals surface area contributed by atoms with Gasteiger partial charge < -0.3 is 14.7 Å². The average Bonchev–Trinajstić information content (AvgIpc) is 2.63. The lowest BCUT2D eigenvalue weighted by Gasteiger charge is -1.98. The molecule has 2 aromatic rings. The summed E-state index contributed by atoms with van der Waals surface area (Å²) in [6.07, 6.45) is -4.71. The molecule has 1 aromatic heterocycles. The van der Waals surface area contributed by atoms with E-state index in [0.29, 0.717) is 0 Å². The first kappa shape index (κ1) is 11.2. The van der Waals surface area contributed by atoms with Gasteiger partial charge >= 0.3 is 6.18 Å². The molecule has 5 nitrogen and oxygen atoms in total. The van der Waals surface area contributed by atoms with Gasteiger partial charge in [-0.05, 0) is 12.1 Å². The van der Waals surface area contributed by atoms with Crippen LogP contribution < -0.4 is 0 Å². The van der Waals surface area contributed by atoms with Gasteiger partial charge in [0, 0.05) is 11.6 Å². The Kier molecular flexibility index (Phi) is 2.41. The molecule has 0 aliphatic heterocycles. The Hall–Kier alpha value is -2.25. The van der Waals surface area contributed by atoms with Crippen LogP contribution >= 0.6 is 0 Å². The zero-order valence-corrected chi connectivity index (χ0v) is 8.06. The second-order valence-corrected chi connectivity index (χ2v) is 3.16. The number of benzene rings is 1. The van der Waals surface area contributed by atoms with Crippen molar-refractivity contribution >= 4 is 0 Å². The van der Waals surface area contributed by atoms with Crippen molar-refractivity contribution in [3.8, 4) is 23.0 Å². The topological polar surface area (TPSA) is 79.4 Å². The molecule has 1 aromatic carbocycles. The number of halogens is 3. The van der Waals surface area contributed by atoms with E-state index in [-0.39, 0.29) is 17.1 Å². The van der Waals surface area contributed by atoms with Gasteiger partial charge in [-0.3, -0.25) is 0 Å². The van der Waals surface area contributed by atoms with Gasteiger partial charge in [0.25, 0.3) is 11.7 Å². The van der Waals surface area contributed by atoms with Gasteiger partial charge in [-0.2, -0.15) is 18.2 Å². The number of hydrogen-bond donors (Lipinski definition) is 2. The summed E-state index contributed by atoms with van der Waals surface area (Å²) < 4.78 is 41.0. The number of nitrogens with zero attached hydrogens (tertiary/aromatic N) is 2. The Morgan fingerprint density at radius 3 is 2.12 bits per heavy atom. The fourth-order valence-electron chi connectivity index (χ4n) is 1.17. The second-order valence-electron chi connectivity index (χ2n) is 3.16. The third-order valence-electron chi connectivity index (χ3n) is 1.83. The molecule has 0 saturated carbocycles. The zero-order valence-electron chi connectivity index (χ0n) is 8.06. The van der Waals surface area contributed by atoms with Crippen LogP contribution in [0.2, 0.25) is 0 Å². The highest BCUT2D eigenvalue weighted by Gasteiger charge is 2.37. The van der Waals surface area contributed by atoms with Crippen LogP contribution in [0.4, 0.5) is 13.2 Å². The highest BCUT2D eigenvalue weighted by Crippen LogP contribution is 2.31. The zero-order chi connectivity index (χ0) is 12.6. The lowest BCUT2D eigenvalue weighted by molar-refractivity contribution is -0.146. The first-order chi connectivity index (χ1) is 7.86. The van der Waals surface area contributed by atoms with Gasteiger partial charge in [-0.15, -0.1) is 0 Å². The van der Waals surface area contributed by atoms with Crippen molar-refractivity contribution in [3.63, 3.8) is 0 Å². The summed E-state index contributed by atoms with van der Waals surface area (Å²) in [5.41, 5.74) is -0.00880. The predicted octanol–water partition coefficient (Wildman–Crippen LogP) is 2.17. The average molecular weight is 246 g/mol. The summed E-state index contributed by atoms with van der Waals surface area (Å²) in [5, 5.41) is 21.0. The molecule has 0 aliphatic carbocycles. The molecule has 2 rings (SSSR count). The molecule has 0 radical (unpaired) electrons. The smallest absolute Gasteiger partial charge is 0.455 e. The van der Waals surface area contributed by atoms with Gasteiger partial charge in [0.05, 0.1) is 0 Å². The van der Waals surface area contributed by atoms with E-state index in [9.17, 15) is 13.2 Å². The van der Waals surface area contributed by atoms with E-state index in [1.165, 1.54) is 0 Å². The van der Waals surface area contributed by atoms with Crippen molar-refractivity contribution in [2.45, 2.75) is 6.18 Å². The van der Waals surface area contributed by atoms with Crippen molar-refractivity contribution in [3.05, 3.63) is 24.0 Å². The van der Waals surface area contributed by atoms with Gasteiger partial charge in [0.2, 0.25) is 0 Å². The van der Waals surface area contributed by atoms with Gasteiger partial charge in [0.1, 0.15) is 11.5 Å². The number of rotatable bonds is 1. The third kappa shape index (κ3) is 2.30. The van der Waals surface area contributed by atoms with E-state index in [1.807, 2.05) is 0 Å². The van der Waals surface area contributed by atoms with Crippen LogP contribution in [0, 0.1) is 0 Å². The van der Waals surface area contributed by atoms with Crippen LogP contribution in [-0.2, 0) is 6.18 Å². The normalized spacial score (nSPS) is 11.7. The minimum atomic E-state index is -4.71. The summed E-state index contributed by atoms with van der Waals surface area (Å²) in [7, 11) is 0. The maximum absolute atomic E-state index is 12.2. The van der Waals surface area contributed by atoms with Crippen molar-refractivity contribution in [2.24, 2.45) is 0 Å². The van der Waals surface area contributed by atoms with Crippen LogP contribution in [0.3, 0.4) is 0 Å². The minimum absolute atomic E-state index is 0.00880. The molecule has 0 fully saturated rings. The Labute approximate surface area is 92.1 Å². The molecule has 0 unspecified atom stereocenters. The second kappa shape index (κ2) is 3.65. The molecule has 0 aliphatic rings. The standard InChI is InChI=1S/C9H5F3N2O3/c10-9(11,12)8-13-7(17-14-8)4-1-5(15)3-6(16)2-4/h1-3,15-16H. The largest absolute Gasteiger partial charge is 0.508 e. The van der Waals surface area contributed by atoms with Crippen molar-refractivity contribution in [2.75, 3.05) is 0 Å². The first-order valence-electron chi connectivity index (χ1n) is 4.30. The number of phenolic OH excluding ortho intramolecular Hbond substituents is 2. The fourth-order valence-corrected chi connectivity index (χ4v) is 1.17. The molecule has 0 bridgehead atoms. The van der Waals surface area contributed by atoms with Gasteiger partial charge in [-0.1, -0.05) is 5.16 Å². The maximum Gasteiger partial charge on any atom is 0.455 e. The summed E-state index contributed by atoms with van der Waals surface area (Å²) in [4.78, 5) is 3.11. The molecule has 90 valence electrons. The number of aromatic hydroxyl groups is 2. The summed E-state index contributed by atoms with van der Waals surface area (Å²) in [6.45, 7) is 0. The number of hydrogen-bond acceptors (Lipinski definition) is 5. The number of alkyl halides is 3. The molecule has 8 heteroatoms. The van der Waals surface area contributed by atoms with E-state index in [4.69, 9.17) is 10.2 Å². The van der Waals surface area contributed by atoms with Crippen LogP contribution in [0.1, 0.15) is 5.82 Å². The predicted molar refractivity (Wildman–Crippen MR) is 48.1 cm³/mol. The summed E-state index contributed by atoms with van der Waals surface area (Å²) in [5.74, 6) is -2.52. The van der Waals surface area contributed by atoms with Gasteiger partial charge in [-0.25, -0.2) is 0 Å². The quantitative estimate of drug-likeness (QED) is 0.806. The summed E-state index contributed by atoms with van der Waals surface area (Å²) in [6, 6.07) is 3.20. The Morgan fingerprint density at radius 2 is 1.65 bits per heavy atom. The van der Waals surface area contributed by atoms with Crippen LogP contribution in [0.15, 0.2) is 22.7 Å². The molecule has 0 amide bonds. The molecule has 1 heterocycles. The Balaban J connectivity index is 2.44. The highest BCUT2D eigenvalue weighted by atomic mass is 19.4. The van der Waals surface area contributed by atoms with E-state index in [1.54, 1.807) is 0 Å². The monoisotopic (exact) mass is 246 g/mol.